The van der Waals surface area contributed by atoms with Crippen LogP contribution in [0.1, 0.15) is 17.2 Å². The van der Waals surface area contributed by atoms with E-state index in [0.29, 0.717) is 13.1 Å². The van der Waals surface area contributed by atoms with Crippen LogP contribution in [0.15, 0.2) is 42.5 Å². The molecule has 0 bridgehead atoms. The van der Waals surface area contributed by atoms with Gasteiger partial charge in [-0.3, -0.25) is 9.69 Å². The van der Waals surface area contributed by atoms with E-state index in [1.807, 2.05) is 11.0 Å². The molecular formula is C19H21F2N3O. The highest BCUT2D eigenvalue weighted by Gasteiger charge is 2.26. The lowest BCUT2D eigenvalue weighted by molar-refractivity contribution is -0.118. The van der Waals surface area contributed by atoms with Crippen LogP contribution in [0.3, 0.4) is 0 Å². The van der Waals surface area contributed by atoms with Crippen LogP contribution in [0.25, 0.3) is 0 Å². The van der Waals surface area contributed by atoms with E-state index in [1.165, 1.54) is 18.2 Å². The van der Waals surface area contributed by atoms with Gasteiger partial charge in [0.1, 0.15) is 11.6 Å². The lowest BCUT2D eigenvalue weighted by atomic mass is 10.0. The number of aryl methyl sites for hydroxylation is 1. The molecule has 1 aliphatic rings. The Morgan fingerprint density at radius 1 is 1.28 bits per heavy atom. The topological polar surface area (TPSA) is 44.4 Å². The van der Waals surface area contributed by atoms with E-state index >= 15 is 0 Å². The summed E-state index contributed by atoms with van der Waals surface area (Å²) in [6, 6.07) is 11.0. The number of amides is 1. The summed E-state index contributed by atoms with van der Waals surface area (Å²) in [5.41, 5.74) is 1.79. The van der Waals surface area contributed by atoms with Gasteiger partial charge in [-0.25, -0.2) is 8.78 Å². The minimum atomic E-state index is -0.449. The van der Waals surface area contributed by atoms with Crippen molar-refractivity contribution in [1.29, 1.82) is 0 Å². The summed E-state index contributed by atoms with van der Waals surface area (Å²) in [7, 11) is 0. The molecule has 1 amide bonds. The molecule has 1 atom stereocenters. The number of anilines is 1. The van der Waals surface area contributed by atoms with Crippen molar-refractivity contribution in [3.63, 3.8) is 0 Å². The Hall–Kier alpha value is -2.31. The highest BCUT2D eigenvalue weighted by molar-refractivity contribution is 5.92. The number of nitrogens with zero attached hydrogens (tertiary/aromatic N) is 1. The van der Waals surface area contributed by atoms with Crippen LogP contribution in [0.2, 0.25) is 0 Å². The molecule has 2 aromatic rings. The summed E-state index contributed by atoms with van der Waals surface area (Å²) in [6.07, 6.45) is 0. The van der Waals surface area contributed by atoms with Gasteiger partial charge in [-0.05, 0) is 42.3 Å². The molecule has 132 valence electrons. The van der Waals surface area contributed by atoms with Crippen LogP contribution in [0.5, 0.6) is 0 Å². The number of carbonyl (C=O) groups is 1. The summed E-state index contributed by atoms with van der Waals surface area (Å²) in [5, 5.41) is 5.88. The zero-order chi connectivity index (χ0) is 17.8. The average Bonchev–Trinajstić information content (AvgIpc) is 2.58. The van der Waals surface area contributed by atoms with Gasteiger partial charge in [-0.1, -0.05) is 18.2 Å². The van der Waals surface area contributed by atoms with Crippen molar-refractivity contribution in [2.45, 2.75) is 13.0 Å². The Bertz CT molecular complexity index is 766. The van der Waals surface area contributed by atoms with Crippen LogP contribution in [0, 0.1) is 18.6 Å². The predicted molar refractivity (Wildman–Crippen MR) is 93.4 cm³/mol. The SMILES string of the molecule is Cc1ccc(NC(=O)CN2CCNCC2c2cccc(F)c2)c(F)c1. The maximum atomic E-state index is 13.9. The normalized spacial score (nSPS) is 18.1. The van der Waals surface area contributed by atoms with Crippen LogP contribution in [-0.4, -0.2) is 37.0 Å². The van der Waals surface area contributed by atoms with Crippen LogP contribution in [-0.2, 0) is 4.79 Å². The van der Waals surface area contributed by atoms with E-state index in [2.05, 4.69) is 10.6 Å². The Morgan fingerprint density at radius 3 is 2.88 bits per heavy atom. The third kappa shape index (κ3) is 4.41. The van der Waals surface area contributed by atoms with Gasteiger partial charge in [0, 0.05) is 25.7 Å². The second-order valence-corrected chi connectivity index (χ2v) is 6.28. The molecule has 6 heteroatoms. The number of nitrogens with one attached hydrogen (secondary N) is 2. The summed E-state index contributed by atoms with van der Waals surface area (Å²) in [6.45, 7) is 3.95. The summed E-state index contributed by atoms with van der Waals surface area (Å²) >= 11 is 0. The van der Waals surface area contributed by atoms with E-state index < -0.39 is 5.82 Å². The first kappa shape index (κ1) is 17.5. The molecule has 1 unspecified atom stereocenters. The second kappa shape index (κ2) is 7.72. The molecule has 2 aromatic carbocycles. The fourth-order valence-electron chi connectivity index (χ4n) is 3.07. The molecule has 3 rings (SSSR count). The third-order valence-electron chi connectivity index (χ3n) is 4.33. The minimum Gasteiger partial charge on any atom is -0.322 e. The number of piperazine rings is 1. The van der Waals surface area contributed by atoms with Crippen molar-refractivity contribution in [3.8, 4) is 0 Å². The van der Waals surface area contributed by atoms with E-state index in [-0.39, 0.29) is 30.0 Å². The first-order valence-electron chi connectivity index (χ1n) is 8.29. The van der Waals surface area contributed by atoms with Crippen LogP contribution < -0.4 is 10.6 Å². The molecule has 4 nitrogen and oxygen atoms in total. The molecule has 25 heavy (non-hydrogen) atoms. The van der Waals surface area contributed by atoms with E-state index in [9.17, 15) is 13.6 Å². The van der Waals surface area contributed by atoms with Gasteiger partial charge in [0.2, 0.25) is 5.91 Å². The van der Waals surface area contributed by atoms with E-state index in [0.717, 1.165) is 17.7 Å². The lowest BCUT2D eigenvalue weighted by Crippen LogP contribution is -2.48. The molecule has 0 spiro atoms. The third-order valence-corrected chi connectivity index (χ3v) is 4.33. The Labute approximate surface area is 145 Å². The monoisotopic (exact) mass is 345 g/mol. The Morgan fingerprint density at radius 2 is 2.12 bits per heavy atom. The van der Waals surface area contributed by atoms with Crippen molar-refractivity contribution >= 4 is 11.6 Å². The van der Waals surface area contributed by atoms with Gasteiger partial charge in [-0.15, -0.1) is 0 Å². The Kier molecular flexibility index (Phi) is 5.40. The molecule has 0 aromatic heterocycles. The molecule has 0 radical (unpaired) electrons. The predicted octanol–water partition coefficient (Wildman–Crippen LogP) is 2.86. The molecule has 1 heterocycles. The smallest absolute Gasteiger partial charge is 0.238 e. The van der Waals surface area contributed by atoms with Crippen molar-refractivity contribution in [1.82, 2.24) is 10.2 Å². The van der Waals surface area contributed by atoms with Crippen molar-refractivity contribution in [3.05, 3.63) is 65.2 Å². The first-order chi connectivity index (χ1) is 12.0. The zero-order valence-corrected chi connectivity index (χ0v) is 14.1. The van der Waals surface area contributed by atoms with E-state index in [1.54, 1.807) is 25.1 Å². The molecule has 1 fully saturated rings. The largest absolute Gasteiger partial charge is 0.322 e. The van der Waals surface area contributed by atoms with Crippen molar-refractivity contribution < 1.29 is 13.6 Å². The minimum absolute atomic E-state index is 0.0990. The first-order valence-corrected chi connectivity index (χ1v) is 8.29. The highest BCUT2D eigenvalue weighted by atomic mass is 19.1. The average molecular weight is 345 g/mol. The molecule has 1 saturated heterocycles. The van der Waals surface area contributed by atoms with E-state index in [4.69, 9.17) is 0 Å². The fourth-order valence-corrected chi connectivity index (χ4v) is 3.07. The number of rotatable bonds is 4. The van der Waals surface area contributed by atoms with Crippen molar-refractivity contribution in [2.75, 3.05) is 31.5 Å². The lowest BCUT2D eigenvalue weighted by Gasteiger charge is -2.36. The molecule has 1 aliphatic heterocycles. The van der Waals surface area contributed by atoms with Crippen LogP contribution >= 0.6 is 0 Å². The molecular weight excluding hydrogens is 324 g/mol. The second-order valence-electron chi connectivity index (χ2n) is 6.28. The molecule has 2 N–H and O–H groups in total. The number of halogens is 2. The maximum absolute atomic E-state index is 13.9. The van der Waals surface area contributed by atoms with Gasteiger partial charge < -0.3 is 10.6 Å². The maximum Gasteiger partial charge on any atom is 0.238 e. The summed E-state index contributed by atoms with van der Waals surface area (Å²) in [5.74, 6) is -1.03. The van der Waals surface area contributed by atoms with Gasteiger partial charge >= 0.3 is 0 Å². The molecule has 0 aliphatic carbocycles. The zero-order valence-electron chi connectivity index (χ0n) is 14.1. The number of carbonyl (C=O) groups excluding carboxylic acids is 1. The van der Waals surface area contributed by atoms with Gasteiger partial charge in [0.15, 0.2) is 0 Å². The fraction of sp³-hybridized carbons (Fsp3) is 0.316. The van der Waals surface area contributed by atoms with Gasteiger partial charge in [0.25, 0.3) is 0 Å². The summed E-state index contributed by atoms with van der Waals surface area (Å²) < 4.78 is 27.4. The van der Waals surface area contributed by atoms with Gasteiger partial charge in [-0.2, -0.15) is 0 Å². The highest BCUT2D eigenvalue weighted by Crippen LogP contribution is 2.23. The molecule has 0 saturated carbocycles. The quantitative estimate of drug-likeness (QED) is 0.896. The summed E-state index contributed by atoms with van der Waals surface area (Å²) in [4.78, 5) is 14.3. The van der Waals surface area contributed by atoms with Crippen LogP contribution in [0.4, 0.5) is 14.5 Å². The number of hydrogen-bond donors (Lipinski definition) is 2. The number of benzene rings is 2. The van der Waals surface area contributed by atoms with Gasteiger partial charge in [0.05, 0.1) is 12.2 Å². The Balaban J connectivity index is 1.69. The number of hydrogen-bond acceptors (Lipinski definition) is 3. The standard InChI is InChI=1S/C19H21F2N3O/c1-13-5-6-17(16(21)9-13)23-19(25)12-24-8-7-22-11-18(24)14-3-2-4-15(20)10-14/h2-6,9-10,18,22H,7-8,11-12H2,1H3,(H,23,25). The van der Waals surface area contributed by atoms with Crippen molar-refractivity contribution in [2.24, 2.45) is 0 Å².